The van der Waals surface area contributed by atoms with Gasteiger partial charge >= 0.3 is 6.09 Å². The lowest BCUT2D eigenvalue weighted by atomic mass is 10.1. The molecular formula is C11H13Cl2NO4. The second kappa shape index (κ2) is 6.02. The van der Waals surface area contributed by atoms with Crippen LogP contribution in [0.3, 0.4) is 0 Å². The summed E-state index contributed by atoms with van der Waals surface area (Å²) in [6.45, 7) is 0.258. The van der Waals surface area contributed by atoms with Gasteiger partial charge in [0.25, 0.3) is 0 Å². The fourth-order valence-electron chi connectivity index (χ4n) is 1.73. The second-order valence-electron chi connectivity index (χ2n) is 3.50. The molecule has 1 aromatic carbocycles. The van der Waals surface area contributed by atoms with Crippen molar-refractivity contribution < 1.29 is 19.0 Å². The van der Waals surface area contributed by atoms with Crippen LogP contribution in [0.25, 0.3) is 0 Å². The highest BCUT2D eigenvalue weighted by atomic mass is 35.5. The second-order valence-corrected chi connectivity index (χ2v) is 3.88. The zero-order chi connectivity index (χ0) is 12.4. The van der Waals surface area contributed by atoms with Gasteiger partial charge in [0.1, 0.15) is 6.61 Å². The molecule has 2 rings (SSSR count). The van der Waals surface area contributed by atoms with Crippen molar-refractivity contribution in [3.63, 3.8) is 0 Å². The molecule has 5 nitrogen and oxygen atoms in total. The quantitative estimate of drug-likeness (QED) is 0.931. The van der Waals surface area contributed by atoms with Gasteiger partial charge in [-0.1, -0.05) is 17.7 Å². The van der Waals surface area contributed by atoms with Gasteiger partial charge in [-0.15, -0.1) is 12.4 Å². The molecule has 0 unspecified atom stereocenters. The summed E-state index contributed by atoms with van der Waals surface area (Å²) in [5.74, 6) is 0.999. The van der Waals surface area contributed by atoms with Gasteiger partial charge in [-0.2, -0.15) is 0 Å². The minimum absolute atomic E-state index is 0. The lowest BCUT2D eigenvalue weighted by molar-refractivity contribution is 0.177. The van der Waals surface area contributed by atoms with E-state index < -0.39 is 6.09 Å². The first-order chi connectivity index (χ1) is 8.17. The molecular weight excluding hydrogens is 281 g/mol. The summed E-state index contributed by atoms with van der Waals surface area (Å²) in [5, 5.41) is 3.08. The Morgan fingerprint density at radius 2 is 2.11 bits per heavy atom. The highest BCUT2D eigenvalue weighted by Crippen LogP contribution is 2.40. The number of hydrogen-bond acceptors (Lipinski definition) is 4. The zero-order valence-electron chi connectivity index (χ0n) is 9.86. The molecule has 1 aromatic rings. The summed E-state index contributed by atoms with van der Waals surface area (Å²) in [6, 6.07) is 3.27. The smallest absolute Gasteiger partial charge is 0.407 e. The van der Waals surface area contributed by atoms with Crippen LogP contribution >= 0.6 is 24.0 Å². The number of nitrogens with one attached hydrogen (secondary N) is 1. The lowest BCUT2D eigenvalue weighted by Crippen LogP contribution is -2.18. The Morgan fingerprint density at radius 1 is 1.39 bits per heavy atom. The van der Waals surface area contributed by atoms with Crippen LogP contribution in [-0.2, 0) is 4.74 Å². The third kappa shape index (κ3) is 2.57. The van der Waals surface area contributed by atoms with Crippen molar-refractivity contribution in [3.05, 3.63) is 22.7 Å². The average molecular weight is 294 g/mol. The van der Waals surface area contributed by atoms with Crippen molar-refractivity contribution in [2.45, 2.75) is 6.04 Å². The molecule has 7 heteroatoms. The van der Waals surface area contributed by atoms with Crippen LogP contribution in [-0.4, -0.2) is 26.9 Å². The molecule has 100 valence electrons. The number of carbonyl (C=O) groups is 1. The molecule has 1 aliphatic heterocycles. The molecule has 0 saturated carbocycles. The topological polar surface area (TPSA) is 56.8 Å². The molecule has 0 bridgehead atoms. The SMILES string of the molecule is COc1ccc([C@@H]2COC(=O)N2)c(Cl)c1OC.Cl. The van der Waals surface area contributed by atoms with Crippen LogP contribution in [0.15, 0.2) is 12.1 Å². The van der Waals surface area contributed by atoms with E-state index in [1.807, 2.05) is 0 Å². The molecule has 1 aliphatic rings. The fraction of sp³-hybridized carbons (Fsp3) is 0.364. The Kier molecular flexibility index (Phi) is 4.93. The number of amides is 1. The van der Waals surface area contributed by atoms with Crippen LogP contribution < -0.4 is 14.8 Å². The van der Waals surface area contributed by atoms with Crippen LogP contribution in [0.5, 0.6) is 11.5 Å². The number of methoxy groups -OCH3 is 2. The number of cyclic esters (lactones) is 1. The largest absolute Gasteiger partial charge is 0.493 e. The molecule has 0 aromatic heterocycles. The highest BCUT2D eigenvalue weighted by Gasteiger charge is 2.27. The Balaban J connectivity index is 0.00000162. The fourth-order valence-corrected chi connectivity index (χ4v) is 2.09. The van der Waals surface area contributed by atoms with Gasteiger partial charge in [0.15, 0.2) is 11.5 Å². The Morgan fingerprint density at radius 3 is 2.61 bits per heavy atom. The highest BCUT2D eigenvalue weighted by molar-refractivity contribution is 6.33. The van der Waals surface area contributed by atoms with Crippen LogP contribution in [0.2, 0.25) is 5.02 Å². The van der Waals surface area contributed by atoms with E-state index in [1.54, 1.807) is 12.1 Å². The summed E-state index contributed by atoms with van der Waals surface area (Å²) in [6.07, 6.45) is -0.444. The van der Waals surface area contributed by atoms with Crippen molar-refractivity contribution in [1.82, 2.24) is 5.32 Å². The number of halogens is 2. The standard InChI is InChI=1S/C11H12ClNO4.ClH/c1-15-8-4-3-6(9(12)10(8)16-2)7-5-17-11(14)13-7;/h3-4,7H,5H2,1-2H3,(H,13,14);1H/t7-;/m0./s1. The van der Waals surface area contributed by atoms with Gasteiger partial charge in [0, 0.05) is 5.56 Å². The molecule has 1 amide bonds. The lowest BCUT2D eigenvalue weighted by Gasteiger charge is -2.15. The van der Waals surface area contributed by atoms with E-state index in [-0.39, 0.29) is 25.1 Å². The summed E-state index contributed by atoms with van der Waals surface area (Å²) >= 11 is 6.21. The van der Waals surface area contributed by atoms with Gasteiger partial charge in [0.2, 0.25) is 0 Å². The Bertz CT molecular complexity index is 453. The number of ether oxygens (including phenoxy) is 3. The molecule has 0 radical (unpaired) electrons. The van der Waals surface area contributed by atoms with Gasteiger partial charge in [-0.3, -0.25) is 0 Å². The number of hydrogen-bond donors (Lipinski definition) is 1. The number of carbonyl (C=O) groups excluding carboxylic acids is 1. The minimum Gasteiger partial charge on any atom is -0.493 e. The van der Waals surface area contributed by atoms with E-state index in [2.05, 4.69) is 5.32 Å². The molecule has 18 heavy (non-hydrogen) atoms. The molecule has 1 atom stereocenters. The summed E-state index contributed by atoms with van der Waals surface area (Å²) in [5.41, 5.74) is 0.746. The molecule has 0 spiro atoms. The number of benzene rings is 1. The third-order valence-corrected chi connectivity index (χ3v) is 2.95. The summed E-state index contributed by atoms with van der Waals surface area (Å²) in [4.78, 5) is 11.0. The Hall–Kier alpha value is -1.33. The predicted octanol–water partition coefficient (Wildman–Crippen LogP) is 2.56. The van der Waals surface area contributed by atoms with E-state index in [0.29, 0.717) is 16.5 Å². The van der Waals surface area contributed by atoms with Crippen molar-refractivity contribution in [2.75, 3.05) is 20.8 Å². The van der Waals surface area contributed by atoms with E-state index in [9.17, 15) is 4.79 Å². The van der Waals surface area contributed by atoms with Gasteiger partial charge in [0.05, 0.1) is 25.3 Å². The molecule has 1 N–H and O–H groups in total. The molecule has 0 aliphatic carbocycles. The first kappa shape index (κ1) is 14.7. The van der Waals surface area contributed by atoms with E-state index in [0.717, 1.165) is 5.56 Å². The first-order valence-corrected chi connectivity index (χ1v) is 5.38. The molecule has 1 saturated heterocycles. The predicted molar refractivity (Wildman–Crippen MR) is 69.0 cm³/mol. The van der Waals surface area contributed by atoms with Gasteiger partial charge in [-0.25, -0.2) is 4.79 Å². The zero-order valence-corrected chi connectivity index (χ0v) is 11.4. The van der Waals surface area contributed by atoms with Crippen molar-refractivity contribution in [3.8, 4) is 11.5 Å². The summed E-state index contributed by atoms with van der Waals surface area (Å²) < 4.78 is 15.1. The van der Waals surface area contributed by atoms with E-state index in [4.69, 9.17) is 25.8 Å². The van der Waals surface area contributed by atoms with Crippen LogP contribution in [0.1, 0.15) is 11.6 Å². The van der Waals surface area contributed by atoms with Crippen molar-refractivity contribution in [1.29, 1.82) is 0 Å². The first-order valence-electron chi connectivity index (χ1n) is 5.01. The number of alkyl carbamates (subject to hydrolysis) is 1. The third-order valence-electron chi connectivity index (χ3n) is 2.56. The maximum Gasteiger partial charge on any atom is 0.407 e. The normalized spacial score (nSPS) is 17.5. The van der Waals surface area contributed by atoms with Gasteiger partial charge < -0.3 is 19.5 Å². The Labute approximate surface area is 116 Å². The average Bonchev–Trinajstić information content (AvgIpc) is 2.75. The van der Waals surface area contributed by atoms with E-state index >= 15 is 0 Å². The van der Waals surface area contributed by atoms with E-state index in [1.165, 1.54) is 14.2 Å². The minimum atomic E-state index is -0.444. The monoisotopic (exact) mass is 293 g/mol. The molecule has 1 fully saturated rings. The summed E-state index contributed by atoms with van der Waals surface area (Å²) in [7, 11) is 3.05. The van der Waals surface area contributed by atoms with Crippen molar-refractivity contribution in [2.24, 2.45) is 0 Å². The number of rotatable bonds is 3. The van der Waals surface area contributed by atoms with Crippen molar-refractivity contribution >= 4 is 30.1 Å². The maximum atomic E-state index is 11.0. The van der Waals surface area contributed by atoms with Crippen LogP contribution in [0.4, 0.5) is 4.79 Å². The molecule has 1 heterocycles. The van der Waals surface area contributed by atoms with Gasteiger partial charge in [-0.05, 0) is 6.07 Å². The maximum absolute atomic E-state index is 11.0. The van der Waals surface area contributed by atoms with Crippen LogP contribution in [0, 0.1) is 0 Å².